The summed E-state index contributed by atoms with van der Waals surface area (Å²) in [5.74, 6) is 0. The van der Waals surface area contributed by atoms with Crippen molar-refractivity contribution in [1.29, 1.82) is 0 Å². The zero-order chi connectivity index (χ0) is 14.7. The Balaban J connectivity index is 2.16. The van der Waals surface area contributed by atoms with Gasteiger partial charge in [-0.15, -0.1) is 0 Å². The van der Waals surface area contributed by atoms with Crippen LogP contribution < -0.4 is 5.32 Å². The van der Waals surface area contributed by atoms with Crippen molar-refractivity contribution in [1.82, 2.24) is 10.3 Å². The molecule has 0 radical (unpaired) electrons. The van der Waals surface area contributed by atoms with Crippen molar-refractivity contribution in [3.8, 4) is 0 Å². The van der Waals surface area contributed by atoms with Crippen LogP contribution in [-0.4, -0.2) is 37.5 Å². The van der Waals surface area contributed by atoms with E-state index in [-0.39, 0.29) is 16.5 Å². The van der Waals surface area contributed by atoms with Crippen LogP contribution in [0.15, 0.2) is 16.8 Å². The molecule has 0 spiro atoms. The van der Waals surface area contributed by atoms with Gasteiger partial charge in [0.1, 0.15) is 0 Å². The van der Waals surface area contributed by atoms with E-state index in [0.717, 1.165) is 0 Å². The first-order valence-corrected chi connectivity index (χ1v) is 7.58. The molecule has 0 aliphatic carbocycles. The summed E-state index contributed by atoms with van der Waals surface area (Å²) >= 11 is 0. The van der Waals surface area contributed by atoms with Crippen LogP contribution in [0.2, 0.25) is 0 Å². The largest absolute Gasteiger partial charge is 0.383 e. The average Bonchev–Trinajstić information content (AvgIpc) is 2.87. The first kappa shape index (κ1) is 14.4. The molecule has 0 amide bonds. The molecule has 0 aliphatic heterocycles. The molecule has 20 heavy (non-hydrogen) atoms. The molecule has 1 aromatic heterocycles. The van der Waals surface area contributed by atoms with Crippen LogP contribution in [0.25, 0.3) is 11.0 Å². The van der Waals surface area contributed by atoms with Gasteiger partial charge in [0.05, 0.1) is 10.6 Å². The summed E-state index contributed by atoms with van der Waals surface area (Å²) in [7, 11) is -0.873. The van der Waals surface area contributed by atoms with Gasteiger partial charge in [0.15, 0.2) is 5.52 Å². The Morgan fingerprint density at radius 2 is 2.15 bits per heavy atom. The second kappa shape index (κ2) is 5.95. The van der Waals surface area contributed by atoms with Gasteiger partial charge < -0.3 is 5.32 Å². The summed E-state index contributed by atoms with van der Waals surface area (Å²) in [6.45, 7) is 2.49. The number of anilines is 1. The van der Waals surface area contributed by atoms with Crippen molar-refractivity contribution >= 4 is 33.2 Å². The van der Waals surface area contributed by atoms with Gasteiger partial charge in [-0.3, -0.25) is 14.3 Å². The Morgan fingerprint density at radius 1 is 1.45 bits per heavy atom. The number of aromatic nitrogens is 2. The monoisotopic (exact) mass is 298 g/mol. The molecular weight excluding hydrogens is 284 g/mol. The molecule has 1 heterocycles. The SMILES string of the molecule is CC(CCNc1ccc([N+](=O)[O-])c2nonc12)S(C)=O. The summed E-state index contributed by atoms with van der Waals surface area (Å²) < 4.78 is 15.8. The summed E-state index contributed by atoms with van der Waals surface area (Å²) in [6, 6.07) is 2.93. The fourth-order valence-corrected chi connectivity index (χ4v) is 2.17. The molecule has 0 bridgehead atoms. The third kappa shape index (κ3) is 2.93. The number of nitro groups is 1. The molecule has 0 saturated heterocycles. The van der Waals surface area contributed by atoms with Crippen LogP contribution in [0.5, 0.6) is 0 Å². The summed E-state index contributed by atoms with van der Waals surface area (Å²) in [5, 5.41) is 21.3. The highest BCUT2D eigenvalue weighted by Gasteiger charge is 2.19. The second-order valence-corrected chi connectivity index (χ2v) is 6.18. The fourth-order valence-electron chi connectivity index (χ4n) is 1.72. The van der Waals surface area contributed by atoms with Crippen LogP contribution in [0.3, 0.4) is 0 Å². The zero-order valence-electron chi connectivity index (χ0n) is 11.0. The van der Waals surface area contributed by atoms with E-state index < -0.39 is 15.7 Å². The van der Waals surface area contributed by atoms with E-state index in [0.29, 0.717) is 24.2 Å². The van der Waals surface area contributed by atoms with Crippen molar-refractivity contribution in [2.24, 2.45) is 0 Å². The van der Waals surface area contributed by atoms with Crippen LogP contribution in [0.1, 0.15) is 13.3 Å². The fraction of sp³-hybridized carbons (Fsp3) is 0.455. The number of hydrogen-bond donors (Lipinski definition) is 1. The van der Waals surface area contributed by atoms with Gasteiger partial charge in [-0.25, -0.2) is 4.63 Å². The topological polar surface area (TPSA) is 111 Å². The molecule has 2 rings (SSSR count). The van der Waals surface area contributed by atoms with Crippen LogP contribution in [0, 0.1) is 10.1 Å². The molecular formula is C11H14N4O4S. The highest BCUT2D eigenvalue weighted by atomic mass is 32.2. The maximum absolute atomic E-state index is 11.2. The van der Waals surface area contributed by atoms with Crippen LogP contribution in [-0.2, 0) is 10.8 Å². The smallest absolute Gasteiger partial charge is 0.300 e. The van der Waals surface area contributed by atoms with Crippen molar-refractivity contribution < 1.29 is 13.8 Å². The standard InChI is InChI=1S/C11H14N4O4S/c1-7(20(2)18)5-6-12-8-3-4-9(15(16)17)11-10(8)13-19-14-11/h3-4,7,12H,5-6H2,1-2H3. The molecule has 9 heteroatoms. The van der Waals surface area contributed by atoms with Crippen molar-refractivity contribution in [2.45, 2.75) is 18.6 Å². The minimum atomic E-state index is -0.873. The molecule has 8 nitrogen and oxygen atoms in total. The molecule has 0 fully saturated rings. The highest BCUT2D eigenvalue weighted by Crippen LogP contribution is 2.28. The van der Waals surface area contributed by atoms with Gasteiger partial charge >= 0.3 is 5.69 Å². The lowest BCUT2D eigenvalue weighted by Gasteiger charge is -2.10. The molecule has 0 saturated carbocycles. The lowest BCUT2D eigenvalue weighted by Crippen LogP contribution is -2.15. The number of nitro benzene ring substituents is 1. The predicted molar refractivity (Wildman–Crippen MR) is 75.1 cm³/mol. The number of benzene rings is 1. The third-order valence-corrected chi connectivity index (χ3v) is 4.39. The molecule has 1 aromatic carbocycles. The lowest BCUT2D eigenvalue weighted by atomic mass is 10.2. The molecule has 2 aromatic rings. The number of rotatable bonds is 6. The van der Waals surface area contributed by atoms with Crippen molar-refractivity contribution in [2.75, 3.05) is 18.1 Å². The third-order valence-electron chi connectivity index (χ3n) is 3.02. The Labute approximate surface area is 117 Å². The minimum Gasteiger partial charge on any atom is -0.383 e. The number of nitrogens with zero attached hydrogens (tertiary/aromatic N) is 3. The zero-order valence-corrected chi connectivity index (χ0v) is 11.8. The van der Waals surface area contributed by atoms with Crippen molar-refractivity contribution in [3.05, 3.63) is 22.2 Å². The Morgan fingerprint density at radius 3 is 2.80 bits per heavy atom. The predicted octanol–water partition coefficient (Wildman–Crippen LogP) is 1.70. The number of nitrogens with one attached hydrogen (secondary N) is 1. The number of fused-ring (bicyclic) bond motifs is 1. The number of hydrogen-bond acceptors (Lipinski definition) is 7. The molecule has 2 unspecified atom stereocenters. The summed E-state index contributed by atoms with van der Waals surface area (Å²) in [5.41, 5.74) is 0.910. The van der Waals surface area contributed by atoms with Gasteiger partial charge in [-0.2, -0.15) is 0 Å². The Hall–Kier alpha value is -2.03. The molecule has 108 valence electrons. The Bertz CT molecular complexity index is 657. The van der Waals surface area contributed by atoms with Crippen LogP contribution in [0.4, 0.5) is 11.4 Å². The van der Waals surface area contributed by atoms with Gasteiger partial charge in [0.2, 0.25) is 5.52 Å². The summed E-state index contributed by atoms with van der Waals surface area (Å²) in [4.78, 5) is 10.3. The van der Waals surface area contributed by atoms with E-state index in [4.69, 9.17) is 0 Å². The van der Waals surface area contributed by atoms with E-state index in [1.54, 1.807) is 12.3 Å². The van der Waals surface area contributed by atoms with Gasteiger partial charge in [-0.05, 0) is 22.8 Å². The summed E-state index contributed by atoms with van der Waals surface area (Å²) in [6.07, 6.45) is 2.38. The van der Waals surface area contributed by atoms with E-state index in [1.807, 2.05) is 6.92 Å². The van der Waals surface area contributed by atoms with E-state index in [9.17, 15) is 14.3 Å². The quantitative estimate of drug-likeness (QED) is 0.638. The van der Waals surface area contributed by atoms with Crippen molar-refractivity contribution in [3.63, 3.8) is 0 Å². The van der Waals surface area contributed by atoms with Crippen LogP contribution >= 0.6 is 0 Å². The van der Waals surface area contributed by atoms with Gasteiger partial charge in [0, 0.05) is 34.9 Å². The van der Waals surface area contributed by atoms with E-state index in [1.165, 1.54) is 6.07 Å². The average molecular weight is 298 g/mol. The second-order valence-electron chi connectivity index (χ2n) is 4.38. The van der Waals surface area contributed by atoms with Gasteiger partial charge in [0.25, 0.3) is 0 Å². The first-order valence-electron chi connectivity index (χ1n) is 5.96. The first-order chi connectivity index (χ1) is 9.50. The molecule has 0 aliphatic rings. The molecule has 1 N–H and O–H groups in total. The maximum Gasteiger partial charge on any atom is 0.300 e. The molecule has 2 atom stereocenters. The maximum atomic E-state index is 11.2. The highest BCUT2D eigenvalue weighted by molar-refractivity contribution is 7.84. The minimum absolute atomic E-state index is 0.0754. The van der Waals surface area contributed by atoms with E-state index in [2.05, 4.69) is 20.3 Å². The normalized spacial score (nSPS) is 14.1. The Kier molecular flexibility index (Phi) is 4.28. The van der Waals surface area contributed by atoms with E-state index >= 15 is 0 Å². The lowest BCUT2D eigenvalue weighted by molar-refractivity contribution is -0.383. The number of non-ortho nitro benzene ring substituents is 1. The van der Waals surface area contributed by atoms with Gasteiger partial charge in [-0.1, -0.05) is 6.92 Å².